The molecule has 1 aliphatic carbocycles. The molecule has 3 N–H and O–H groups in total. The summed E-state index contributed by atoms with van der Waals surface area (Å²) in [6.07, 6.45) is 5.62. The molecule has 0 spiro atoms. The Morgan fingerprint density at radius 3 is 2.28 bits per heavy atom. The molecule has 1 saturated carbocycles. The van der Waals surface area contributed by atoms with E-state index in [2.05, 4.69) is 10.2 Å². The van der Waals surface area contributed by atoms with Crippen LogP contribution in [0.4, 0.5) is 4.39 Å². The van der Waals surface area contributed by atoms with Crippen molar-refractivity contribution >= 4 is 30.7 Å². The van der Waals surface area contributed by atoms with Gasteiger partial charge in [-0.3, -0.25) is 9.69 Å². The molecule has 4 nitrogen and oxygen atoms in total. The molecule has 0 aromatic heterocycles. The van der Waals surface area contributed by atoms with Crippen molar-refractivity contribution in [2.24, 2.45) is 5.73 Å². The first-order chi connectivity index (χ1) is 11.0. The number of nitrogens with zero attached hydrogens (tertiary/aromatic N) is 1. The van der Waals surface area contributed by atoms with E-state index in [0.29, 0.717) is 0 Å². The van der Waals surface area contributed by atoms with E-state index >= 15 is 0 Å². The molecule has 25 heavy (non-hydrogen) atoms. The van der Waals surface area contributed by atoms with Crippen LogP contribution in [0.3, 0.4) is 0 Å². The molecule has 7 heteroatoms. The van der Waals surface area contributed by atoms with Gasteiger partial charge in [0, 0.05) is 25.7 Å². The van der Waals surface area contributed by atoms with Crippen LogP contribution in [0.2, 0.25) is 0 Å². The van der Waals surface area contributed by atoms with Crippen molar-refractivity contribution in [1.29, 1.82) is 0 Å². The lowest BCUT2D eigenvalue weighted by molar-refractivity contribution is -0.127. The van der Waals surface area contributed by atoms with Gasteiger partial charge in [-0.25, -0.2) is 4.39 Å². The van der Waals surface area contributed by atoms with Crippen LogP contribution >= 0.6 is 24.8 Å². The minimum atomic E-state index is -0.634. The maximum atomic E-state index is 12.9. The van der Waals surface area contributed by atoms with Crippen molar-refractivity contribution in [2.45, 2.75) is 56.7 Å². The van der Waals surface area contributed by atoms with Gasteiger partial charge >= 0.3 is 0 Å². The number of amides is 1. The Morgan fingerprint density at radius 1 is 1.16 bits per heavy atom. The van der Waals surface area contributed by atoms with Gasteiger partial charge in [0.15, 0.2) is 0 Å². The summed E-state index contributed by atoms with van der Waals surface area (Å²) in [7, 11) is 0. The van der Waals surface area contributed by atoms with Crippen molar-refractivity contribution in [3.63, 3.8) is 0 Å². The van der Waals surface area contributed by atoms with Gasteiger partial charge in [-0.1, -0.05) is 25.0 Å². The zero-order valence-corrected chi connectivity index (χ0v) is 16.0. The van der Waals surface area contributed by atoms with Crippen molar-refractivity contribution in [3.8, 4) is 0 Å². The Morgan fingerprint density at radius 2 is 1.72 bits per heavy atom. The number of piperidine rings is 1. The zero-order chi connectivity index (χ0) is 16.3. The number of carbonyl (C=O) groups excluding carboxylic acids is 1. The largest absolute Gasteiger partial charge is 0.352 e. The first kappa shape index (κ1) is 22.2. The molecular formula is C18H28Cl2FN3O. The fourth-order valence-electron chi connectivity index (χ4n) is 3.65. The second-order valence-corrected chi connectivity index (χ2v) is 7.01. The van der Waals surface area contributed by atoms with Crippen LogP contribution < -0.4 is 11.1 Å². The highest BCUT2D eigenvalue weighted by Crippen LogP contribution is 2.27. The quantitative estimate of drug-likeness (QED) is 0.828. The van der Waals surface area contributed by atoms with Crippen molar-refractivity contribution in [2.75, 3.05) is 13.1 Å². The van der Waals surface area contributed by atoms with Crippen LogP contribution in [-0.4, -0.2) is 35.5 Å². The minimum Gasteiger partial charge on any atom is -0.352 e. The fourth-order valence-corrected chi connectivity index (χ4v) is 3.65. The molecule has 1 aliphatic heterocycles. The molecule has 2 aliphatic rings. The Kier molecular flexibility index (Phi) is 8.61. The summed E-state index contributed by atoms with van der Waals surface area (Å²) in [6, 6.07) is 6.91. The Balaban J connectivity index is 0.00000156. The molecule has 1 aromatic rings. The maximum Gasteiger partial charge on any atom is 0.240 e. The van der Waals surface area contributed by atoms with Gasteiger partial charge in [0.05, 0.1) is 5.54 Å². The third-order valence-corrected chi connectivity index (χ3v) is 5.19. The topological polar surface area (TPSA) is 58.4 Å². The monoisotopic (exact) mass is 391 g/mol. The smallest absolute Gasteiger partial charge is 0.240 e. The third-order valence-electron chi connectivity index (χ3n) is 5.19. The van der Waals surface area contributed by atoms with Crippen molar-refractivity contribution in [3.05, 3.63) is 35.6 Å². The van der Waals surface area contributed by atoms with E-state index < -0.39 is 5.54 Å². The van der Waals surface area contributed by atoms with E-state index in [1.165, 1.54) is 12.1 Å². The zero-order valence-electron chi connectivity index (χ0n) is 14.4. The molecule has 0 atom stereocenters. The first-order valence-corrected chi connectivity index (χ1v) is 8.62. The number of benzene rings is 1. The number of rotatable bonds is 4. The van der Waals surface area contributed by atoms with Crippen LogP contribution in [0.5, 0.6) is 0 Å². The predicted molar refractivity (Wildman–Crippen MR) is 103 cm³/mol. The van der Waals surface area contributed by atoms with Gasteiger partial charge in [0.2, 0.25) is 5.91 Å². The Labute approximate surface area is 161 Å². The van der Waals surface area contributed by atoms with Crippen LogP contribution in [0.25, 0.3) is 0 Å². The van der Waals surface area contributed by atoms with Gasteiger partial charge in [-0.05, 0) is 43.4 Å². The number of carbonyl (C=O) groups is 1. The van der Waals surface area contributed by atoms with Gasteiger partial charge in [0.1, 0.15) is 5.82 Å². The summed E-state index contributed by atoms with van der Waals surface area (Å²) in [5.41, 5.74) is 6.70. The minimum absolute atomic E-state index is 0. The lowest BCUT2D eigenvalue weighted by Crippen LogP contribution is -2.56. The molecule has 3 rings (SSSR count). The molecule has 0 unspecified atom stereocenters. The highest BCUT2D eigenvalue weighted by atomic mass is 35.5. The number of hydrogen-bond donors (Lipinski definition) is 2. The molecule has 142 valence electrons. The van der Waals surface area contributed by atoms with Gasteiger partial charge in [0.25, 0.3) is 0 Å². The second-order valence-electron chi connectivity index (χ2n) is 7.01. The molecule has 1 aromatic carbocycles. The average molecular weight is 392 g/mol. The number of nitrogens with one attached hydrogen (secondary N) is 1. The Hall–Kier alpha value is -0.880. The summed E-state index contributed by atoms with van der Waals surface area (Å²) >= 11 is 0. The Bertz CT molecular complexity index is 542. The highest BCUT2D eigenvalue weighted by molar-refractivity contribution is 5.86. The summed E-state index contributed by atoms with van der Waals surface area (Å²) in [5.74, 6) is -0.162. The number of nitrogens with two attached hydrogens (primary N) is 1. The predicted octanol–water partition coefficient (Wildman–Crippen LogP) is 3.02. The molecule has 1 saturated heterocycles. The average Bonchev–Trinajstić information content (AvgIpc) is 3.00. The van der Waals surface area contributed by atoms with Crippen LogP contribution in [0.15, 0.2) is 24.3 Å². The summed E-state index contributed by atoms with van der Waals surface area (Å²) in [5, 5.41) is 3.15. The number of likely N-dealkylation sites (tertiary alicyclic amines) is 1. The van der Waals surface area contributed by atoms with E-state index in [1.54, 1.807) is 0 Å². The van der Waals surface area contributed by atoms with Crippen molar-refractivity contribution < 1.29 is 9.18 Å². The molecule has 1 heterocycles. The van der Waals surface area contributed by atoms with Gasteiger partial charge < -0.3 is 11.1 Å². The van der Waals surface area contributed by atoms with Crippen LogP contribution in [0.1, 0.15) is 44.1 Å². The highest BCUT2D eigenvalue weighted by Gasteiger charge is 2.38. The molecule has 1 amide bonds. The van der Waals surface area contributed by atoms with Gasteiger partial charge in [-0.15, -0.1) is 24.8 Å². The van der Waals surface area contributed by atoms with Gasteiger partial charge in [-0.2, -0.15) is 0 Å². The first-order valence-electron chi connectivity index (χ1n) is 8.62. The third kappa shape index (κ3) is 5.81. The van der Waals surface area contributed by atoms with E-state index in [4.69, 9.17) is 5.73 Å². The molecular weight excluding hydrogens is 364 g/mol. The fraction of sp³-hybridized carbons (Fsp3) is 0.611. The van der Waals surface area contributed by atoms with Crippen molar-refractivity contribution in [1.82, 2.24) is 10.2 Å². The van der Waals surface area contributed by atoms with Crippen LogP contribution in [-0.2, 0) is 11.3 Å². The molecule has 0 radical (unpaired) electrons. The summed E-state index contributed by atoms with van der Waals surface area (Å²) < 4.78 is 12.9. The SMILES string of the molecule is Cl.Cl.NC1(C(=O)NC2CCN(Cc3ccc(F)cc3)CC2)CCCC1. The maximum absolute atomic E-state index is 12.9. The second kappa shape index (κ2) is 9.72. The lowest BCUT2D eigenvalue weighted by atomic mass is 9.96. The number of hydrogen-bond acceptors (Lipinski definition) is 3. The van der Waals surface area contributed by atoms with E-state index in [0.717, 1.165) is 63.7 Å². The van der Waals surface area contributed by atoms with E-state index in [-0.39, 0.29) is 42.6 Å². The summed E-state index contributed by atoms with van der Waals surface area (Å²) in [4.78, 5) is 14.7. The normalized spacial score (nSPS) is 20.4. The lowest BCUT2D eigenvalue weighted by Gasteiger charge is -2.34. The molecule has 2 fully saturated rings. The van der Waals surface area contributed by atoms with E-state index in [9.17, 15) is 9.18 Å². The molecule has 0 bridgehead atoms. The summed E-state index contributed by atoms with van der Waals surface area (Å²) in [6.45, 7) is 2.72. The standard InChI is InChI=1S/C18H26FN3O.2ClH/c19-15-5-3-14(4-6-15)13-22-11-7-16(8-12-22)21-17(23)18(20)9-1-2-10-18;;/h3-6,16H,1-2,7-13,20H2,(H,21,23);2*1H. The van der Waals surface area contributed by atoms with E-state index in [1.807, 2.05) is 12.1 Å². The van der Waals surface area contributed by atoms with Crippen LogP contribution in [0, 0.1) is 5.82 Å². The number of halogens is 3.